The lowest BCUT2D eigenvalue weighted by Gasteiger charge is -2.48. The average Bonchev–Trinajstić information content (AvgIpc) is 0.784. The van der Waals surface area contributed by atoms with Gasteiger partial charge in [0, 0.05) is 0 Å². The van der Waals surface area contributed by atoms with E-state index in [1.54, 1.807) is 176 Å². The molecule has 0 aromatic heterocycles. The van der Waals surface area contributed by atoms with Gasteiger partial charge in [-0.3, -0.25) is 4.52 Å². The minimum absolute atomic E-state index is 0.00501. The molecule has 478 valence electrons. The zero-order chi connectivity index (χ0) is 65.1. The van der Waals surface area contributed by atoms with Crippen LogP contribution in [0.4, 0.5) is 0 Å². The molecule has 2 fully saturated rings. The van der Waals surface area contributed by atoms with Gasteiger partial charge in [-0.2, -0.15) is 0 Å². The molecule has 0 radical (unpaired) electrons. The van der Waals surface area contributed by atoms with Gasteiger partial charge in [-0.05, 0) is 103 Å². The summed E-state index contributed by atoms with van der Waals surface area (Å²) in [5, 5.41) is 0. The smallest absolute Gasteiger partial charge is 0.459 e. The van der Waals surface area contributed by atoms with Crippen molar-refractivity contribution in [3.63, 3.8) is 0 Å². The fraction of sp³-hybridized carbons (Fsp3) is 0.178. The van der Waals surface area contributed by atoms with Gasteiger partial charge in [0.15, 0.2) is 30.5 Å². The highest BCUT2D eigenvalue weighted by molar-refractivity contribution is 7.49. The lowest BCUT2D eigenvalue weighted by molar-refractivity contribution is -0.375. The lowest BCUT2D eigenvalue weighted by Crippen LogP contribution is -2.67. The zero-order valence-electron chi connectivity index (χ0n) is 50.0. The lowest BCUT2D eigenvalue weighted by atomic mass is 9.96. The molecule has 0 N–H and O–H groups in total. The normalized spacial score (nSPS) is 20.8. The van der Waals surface area contributed by atoms with Crippen molar-refractivity contribution in [1.29, 1.82) is 0 Å². The second kappa shape index (κ2) is 31.6. The molecule has 2 heterocycles. The minimum Gasteiger partial charge on any atom is -0.459 e. The summed E-state index contributed by atoms with van der Waals surface area (Å²) in [4.78, 5) is 87.3. The summed E-state index contributed by atoms with van der Waals surface area (Å²) in [6.45, 7) is -1.86. The molecule has 9 aromatic rings. The second-order valence-corrected chi connectivity index (χ2v) is 22.7. The Morgan fingerprint density at radius 3 is 0.979 bits per heavy atom. The maximum Gasteiger partial charge on any atom is 0.587 e. The summed E-state index contributed by atoms with van der Waals surface area (Å²) in [6, 6.07) is 71.8. The highest BCUT2D eigenvalue weighted by Crippen LogP contribution is 2.50. The minimum atomic E-state index is -4.86. The summed E-state index contributed by atoms with van der Waals surface area (Å²) < 4.78 is 99.1. The zero-order valence-corrected chi connectivity index (χ0v) is 50.9. The van der Waals surface area contributed by atoms with Crippen molar-refractivity contribution >= 4 is 43.6 Å². The van der Waals surface area contributed by atoms with Gasteiger partial charge in [0.25, 0.3) is 0 Å². The van der Waals surface area contributed by atoms with Crippen LogP contribution >= 0.6 is 7.82 Å². The number of ether oxygens (including phenoxy) is 10. The van der Waals surface area contributed by atoms with Crippen LogP contribution in [0.2, 0.25) is 0 Å². The predicted octanol–water partition coefficient (Wildman–Crippen LogP) is 12.3. The Morgan fingerprint density at radius 1 is 0.319 bits per heavy atom. The Hall–Kier alpha value is -10.6. The Kier molecular flexibility index (Phi) is 21.9. The molecule has 0 spiro atoms. The number of para-hydroxylation sites is 2. The first-order valence-electron chi connectivity index (χ1n) is 29.8. The number of rotatable bonds is 25. The van der Waals surface area contributed by atoms with E-state index in [-0.39, 0.29) is 51.5 Å². The molecule has 0 amide bonds. The molecule has 11 rings (SSSR count). The summed E-state index contributed by atoms with van der Waals surface area (Å²) >= 11 is 0. The van der Waals surface area contributed by atoms with E-state index in [9.17, 15) is 28.8 Å². The van der Waals surface area contributed by atoms with Crippen molar-refractivity contribution in [3.05, 3.63) is 312 Å². The molecule has 2 saturated heterocycles. The highest BCUT2D eigenvalue weighted by atomic mass is 31.2. The van der Waals surface area contributed by atoms with Crippen LogP contribution in [0.3, 0.4) is 0 Å². The monoisotopic (exact) mass is 1290 g/mol. The first kappa shape index (κ1) is 64.9. The van der Waals surface area contributed by atoms with Crippen molar-refractivity contribution in [1.82, 2.24) is 0 Å². The molecule has 2 aliphatic rings. The molecule has 0 aliphatic carbocycles. The summed E-state index contributed by atoms with van der Waals surface area (Å²) in [5.74, 6) is -5.60. The Morgan fingerprint density at radius 2 is 0.606 bits per heavy atom. The number of benzene rings is 9. The molecule has 10 atom stereocenters. The van der Waals surface area contributed by atoms with E-state index < -0.39 is 118 Å². The van der Waals surface area contributed by atoms with Crippen LogP contribution in [0, 0.1) is 0 Å². The predicted molar refractivity (Wildman–Crippen MR) is 336 cm³/mol. The third-order valence-electron chi connectivity index (χ3n) is 14.7. The van der Waals surface area contributed by atoms with Gasteiger partial charge in [0.2, 0.25) is 12.6 Å². The third-order valence-corrected chi connectivity index (χ3v) is 16.0. The number of hydrogen-bond donors (Lipinski definition) is 0. The van der Waals surface area contributed by atoms with E-state index in [4.69, 9.17) is 60.9 Å². The summed E-state index contributed by atoms with van der Waals surface area (Å²) in [6.07, 6.45) is -18.6. The molecule has 9 aromatic carbocycles. The second-order valence-electron chi connectivity index (χ2n) is 21.2. The van der Waals surface area contributed by atoms with Crippen LogP contribution < -0.4 is 9.05 Å². The molecule has 21 heteroatoms. The van der Waals surface area contributed by atoms with Crippen molar-refractivity contribution in [2.75, 3.05) is 13.2 Å². The van der Waals surface area contributed by atoms with Crippen LogP contribution in [0.15, 0.2) is 273 Å². The Balaban J connectivity index is 1.07. The molecule has 20 nitrogen and oxygen atoms in total. The third kappa shape index (κ3) is 17.1. The van der Waals surface area contributed by atoms with Crippen molar-refractivity contribution in [2.45, 2.75) is 68.0 Å². The highest BCUT2D eigenvalue weighted by Gasteiger charge is 2.58. The summed E-state index contributed by atoms with van der Waals surface area (Å²) in [5.41, 5.74) is 0.846. The van der Waals surface area contributed by atoms with Gasteiger partial charge in [0.1, 0.15) is 36.4 Å². The molecular weight excluding hydrogens is 1230 g/mol. The van der Waals surface area contributed by atoms with Gasteiger partial charge in [-0.15, -0.1) is 0 Å². The molecule has 94 heavy (non-hydrogen) atoms. The number of carbonyl (C=O) groups is 6. The van der Waals surface area contributed by atoms with Gasteiger partial charge < -0.3 is 56.4 Å². The van der Waals surface area contributed by atoms with Crippen LogP contribution in [-0.4, -0.2) is 110 Å². The van der Waals surface area contributed by atoms with Crippen LogP contribution in [0.25, 0.3) is 0 Å². The quantitative estimate of drug-likeness (QED) is 0.0293. The maximum absolute atomic E-state index is 15.3. The fourth-order valence-electron chi connectivity index (χ4n) is 10.1. The number of esters is 6. The van der Waals surface area contributed by atoms with E-state index >= 15 is 4.57 Å². The molecule has 0 saturated carbocycles. The average molecular weight is 1290 g/mol. The van der Waals surface area contributed by atoms with E-state index in [1.807, 2.05) is 0 Å². The van der Waals surface area contributed by atoms with Gasteiger partial charge in [-0.25, -0.2) is 33.3 Å². The van der Waals surface area contributed by atoms with Gasteiger partial charge in [0.05, 0.1) is 46.6 Å². The van der Waals surface area contributed by atoms with Crippen molar-refractivity contribution < 1.29 is 94.3 Å². The molecular formula is C73H61O20P. The topological polar surface area (TPSA) is 239 Å². The maximum atomic E-state index is 15.3. The fourth-order valence-corrected chi connectivity index (χ4v) is 11.3. The largest absolute Gasteiger partial charge is 0.587 e. The van der Waals surface area contributed by atoms with E-state index in [0.29, 0.717) is 5.56 Å². The van der Waals surface area contributed by atoms with E-state index in [1.165, 1.54) is 97.1 Å². The van der Waals surface area contributed by atoms with E-state index in [0.717, 1.165) is 0 Å². The molecule has 0 unspecified atom stereocenters. The van der Waals surface area contributed by atoms with Crippen molar-refractivity contribution in [2.24, 2.45) is 0 Å². The van der Waals surface area contributed by atoms with E-state index in [2.05, 4.69) is 0 Å². The first-order valence-corrected chi connectivity index (χ1v) is 31.3. The number of carbonyl (C=O) groups excluding carboxylic acids is 6. The standard InChI is InChI=1S/C73H61O20P/c74-66(50-30-12-2-13-31-50)82-47-58-61(87-68(76)52-34-16-4-17-35-52)63(88-69(77)53-36-18-5-19-37-53)65(90-71(79)55-40-22-7-23-41-55)73(84-58)91-72-64(89-70(78)54-38-20-6-21-39-54)62(81-46-49-28-10-1-11-29-49)60(86-67(75)51-32-14-3-15-33-51)59(85-72)48-83-94(80,92-56-42-24-8-25-43-56)93-57-44-26-9-27-45-57/h1-45,58-65,72-73H,46-48H2/t58-,59-,60-,61-,62+,63+,64-,65-,72-,73-/m1/s1. The van der Waals surface area contributed by atoms with Crippen LogP contribution in [-0.2, 0) is 63.1 Å². The van der Waals surface area contributed by atoms with Gasteiger partial charge >= 0.3 is 43.6 Å². The van der Waals surface area contributed by atoms with Crippen molar-refractivity contribution in [3.8, 4) is 11.5 Å². The SMILES string of the molecule is O=C(OC[C@H]1O[C@H](O[C@H]2O[C@H](COP(=O)(Oc3ccccc3)Oc3ccccc3)[C@@H](OC(=O)c3ccccc3)[C@H](OCc3ccccc3)[C@H]2OC(=O)c2ccccc2)[C@H](OC(=O)c2ccccc2)[C@@H](OC(=O)c2ccccc2)[C@@H]1OC(=O)c1ccccc1)c1ccccc1. The Labute approximate surface area is 540 Å². The van der Waals surface area contributed by atoms with Crippen LogP contribution in [0.5, 0.6) is 11.5 Å². The van der Waals surface area contributed by atoms with Gasteiger partial charge in [-0.1, -0.05) is 176 Å². The number of hydrogen-bond acceptors (Lipinski definition) is 20. The Bertz CT molecular complexity index is 3930. The summed E-state index contributed by atoms with van der Waals surface area (Å²) in [7, 11) is -4.86. The first-order chi connectivity index (χ1) is 45.9. The number of phosphoric acid groups is 1. The molecule has 0 bridgehead atoms. The number of phosphoric ester groups is 1. The van der Waals surface area contributed by atoms with Crippen LogP contribution in [0.1, 0.15) is 67.7 Å². The molecule has 2 aliphatic heterocycles.